The van der Waals surface area contributed by atoms with E-state index in [1.165, 1.54) is 12.1 Å². The molecule has 1 heterocycles. The van der Waals surface area contributed by atoms with E-state index < -0.39 is 5.82 Å². The molecular formula is C11H9FN4. The molecule has 0 unspecified atom stereocenters. The highest BCUT2D eigenvalue weighted by atomic mass is 19.1. The number of nitrogens with one attached hydrogen (secondary N) is 1. The third-order valence-corrected chi connectivity index (χ3v) is 2.08. The fraction of sp³-hybridized carbons (Fsp3) is 0.0909. The summed E-state index contributed by atoms with van der Waals surface area (Å²) in [7, 11) is 1.78. The second kappa shape index (κ2) is 4.03. The van der Waals surface area contributed by atoms with Gasteiger partial charge >= 0.3 is 0 Å². The summed E-state index contributed by atoms with van der Waals surface area (Å²) in [6, 6.07) is 6.16. The van der Waals surface area contributed by atoms with Crippen molar-refractivity contribution in [2.75, 3.05) is 5.32 Å². The van der Waals surface area contributed by atoms with Crippen LogP contribution in [-0.4, -0.2) is 9.78 Å². The molecule has 0 bridgehead atoms. The van der Waals surface area contributed by atoms with Gasteiger partial charge in [-0.15, -0.1) is 0 Å². The molecule has 80 valence electrons. The number of aromatic nitrogens is 2. The molecule has 0 spiro atoms. The molecule has 4 nitrogen and oxygen atoms in total. The molecule has 0 radical (unpaired) electrons. The van der Waals surface area contributed by atoms with Crippen LogP contribution in [0.25, 0.3) is 0 Å². The van der Waals surface area contributed by atoms with Crippen LogP contribution in [0.3, 0.4) is 0 Å². The van der Waals surface area contributed by atoms with Gasteiger partial charge in [-0.1, -0.05) is 0 Å². The van der Waals surface area contributed by atoms with E-state index >= 15 is 0 Å². The molecule has 2 rings (SSSR count). The Morgan fingerprint density at radius 3 is 2.88 bits per heavy atom. The average Bonchev–Trinajstić information content (AvgIpc) is 2.67. The zero-order valence-corrected chi connectivity index (χ0v) is 8.61. The predicted octanol–water partition coefficient (Wildman–Crippen LogP) is 2.17. The van der Waals surface area contributed by atoms with Gasteiger partial charge in [0.2, 0.25) is 0 Å². The highest BCUT2D eigenvalue weighted by Crippen LogP contribution is 2.20. The van der Waals surface area contributed by atoms with Crippen LogP contribution in [-0.2, 0) is 7.05 Å². The second-order valence-corrected chi connectivity index (χ2v) is 3.33. The number of halogens is 1. The van der Waals surface area contributed by atoms with Crippen molar-refractivity contribution in [3.05, 3.63) is 42.0 Å². The summed E-state index contributed by atoms with van der Waals surface area (Å²) in [4.78, 5) is 0. The lowest BCUT2D eigenvalue weighted by atomic mass is 10.2. The Morgan fingerprint density at radius 1 is 1.50 bits per heavy atom. The number of hydrogen-bond donors (Lipinski definition) is 1. The molecule has 16 heavy (non-hydrogen) atoms. The van der Waals surface area contributed by atoms with E-state index in [1.54, 1.807) is 30.2 Å². The maximum atomic E-state index is 13.5. The lowest BCUT2D eigenvalue weighted by molar-refractivity contribution is 0.631. The first kappa shape index (κ1) is 10.2. The smallest absolute Gasteiger partial charge is 0.147 e. The third kappa shape index (κ3) is 2.01. The summed E-state index contributed by atoms with van der Waals surface area (Å²) < 4.78 is 15.1. The summed E-state index contributed by atoms with van der Waals surface area (Å²) in [6.07, 6.45) is 3.33. The molecule has 1 aromatic carbocycles. The number of nitriles is 1. The summed E-state index contributed by atoms with van der Waals surface area (Å²) >= 11 is 0. The zero-order chi connectivity index (χ0) is 11.5. The minimum atomic E-state index is -0.456. The van der Waals surface area contributed by atoms with Crippen molar-refractivity contribution in [2.24, 2.45) is 7.05 Å². The van der Waals surface area contributed by atoms with Gasteiger partial charge in [0, 0.05) is 13.2 Å². The highest BCUT2D eigenvalue weighted by Gasteiger charge is 2.04. The van der Waals surface area contributed by atoms with Gasteiger partial charge in [0.05, 0.1) is 29.2 Å². The lowest BCUT2D eigenvalue weighted by Crippen LogP contribution is -1.93. The normalized spacial score (nSPS) is 9.81. The number of rotatable bonds is 2. The summed E-state index contributed by atoms with van der Waals surface area (Å²) in [5.74, 6) is -0.456. The average molecular weight is 216 g/mol. The van der Waals surface area contributed by atoms with E-state index in [0.29, 0.717) is 16.9 Å². The van der Waals surface area contributed by atoms with Gasteiger partial charge in [-0.25, -0.2) is 4.39 Å². The van der Waals surface area contributed by atoms with Crippen LogP contribution in [0.4, 0.5) is 15.8 Å². The molecule has 5 heteroatoms. The van der Waals surface area contributed by atoms with Crippen molar-refractivity contribution < 1.29 is 4.39 Å². The van der Waals surface area contributed by atoms with Crippen molar-refractivity contribution in [2.45, 2.75) is 0 Å². The Balaban J connectivity index is 2.26. The van der Waals surface area contributed by atoms with Gasteiger partial charge in [0.15, 0.2) is 0 Å². The number of aryl methyl sites for hydroxylation is 1. The molecule has 0 fully saturated rings. The fourth-order valence-electron chi connectivity index (χ4n) is 1.33. The Labute approximate surface area is 91.9 Å². The molecule has 1 aromatic heterocycles. The monoisotopic (exact) mass is 216 g/mol. The van der Waals surface area contributed by atoms with E-state index in [4.69, 9.17) is 5.26 Å². The Morgan fingerprint density at radius 2 is 2.31 bits per heavy atom. The standard InChI is InChI=1S/C11H9FN4/c1-16-7-9(6-14-16)15-11-3-2-8(5-13)4-10(11)12/h2-4,6-7,15H,1H3. The number of nitrogens with zero attached hydrogens (tertiary/aromatic N) is 3. The first-order valence-electron chi connectivity index (χ1n) is 4.64. The lowest BCUT2D eigenvalue weighted by Gasteiger charge is -2.04. The maximum absolute atomic E-state index is 13.5. The molecule has 0 saturated heterocycles. The Hall–Kier alpha value is -2.35. The van der Waals surface area contributed by atoms with E-state index in [0.717, 1.165) is 0 Å². The van der Waals surface area contributed by atoms with E-state index in [-0.39, 0.29) is 0 Å². The molecule has 0 atom stereocenters. The van der Waals surface area contributed by atoms with Crippen molar-refractivity contribution in [3.8, 4) is 6.07 Å². The first-order chi connectivity index (χ1) is 7.69. The Kier molecular flexibility index (Phi) is 2.56. The second-order valence-electron chi connectivity index (χ2n) is 3.33. The molecule has 1 N–H and O–H groups in total. The SMILES string of the molecule is Cn1cc(Nc2ccc(C#N)cc2F)cn1. The van der Waals surface area contributed by atoms with Crippen molar-refractivity contribution >= 4 is 11.4 Å². The van der Waals surface area contributed by atoms with E-state index in [9.17, 15) is 4.39 Å². The molecule has 0 saturated carbocycles. The maximum Gasteiger partial charge on any atom is 0.147 e. The Bertz CT molecular complexity index is 553. The van der Waals surface area contributed by atoms with Crippen LogP contribution in [0.2, 0.25) is 0 Å². The van der Waals surface area contributed by atoms with Crippen LogP contribution in [0.1, 0.15) is 5.56 Å². The van der Waals surface area contributed by atoms with Crippen LogP contribution >= 0.6 is 0 Å². The van der Waals surface area contributed by atoms with Gasteiger partial charge in [-0.3, -0.25) is 4.68 Å². The summed E-state index contributed by atoms with van der Waals surface area (Å²) in [5.41, 5.74) is 1.33. The minimum absolute atomic E-state index is 0.300. The summed E-state index contributed by atoms with van der Waals surface area (Å²) in [5, 5.41) is 15.4. The van der Waals surface area contributed by atoms with Gasteiger partial charge < -0.3 is 5.32 Å². The summed E-state index contributed by atoms with van der Waals surface area (Å²) in [6.45, 7) is 0. The highest BCUT2D eigenvalue weighted by molar-refractivity contribution is 5.59. The molecular weight excluding hydrogens is 207 g/mol. The van der Waals surface area contributed by atoms with Gasteiger partial charge in [0.1, 0.15) is 5.82 Å². The third-order valence-electron chi connectivity index (χ3n) is 2.08. The van der Waals surface area contributed by atoms with Crippen molar-refractivity contribution in [1.82, 2.24) is 9.78 Å². The minimum Gasteiger partial charge on any atom is -0.351 e. The zero-order valence-electron chi connectivity index (χ0n) is 8.61. The van der Waals surface area contributed by atoms with Crippen LogP contribution < -0.4 is 5.32 Å². The topological polar surface area (TPSA) is 53.6 Å². The number of anilines is 2. The van der Waals surface area contributed by atoms with Gasteiger partial charge in [-0.2, -0.15) is 10.4 Å². The van der Waals surface area contributed by atoms with Crippen LogP contribution in [0.5, 0.6) is 0 Å². The molecule has 0 aliphatic heterocycles. The van der Waals surface area contributed by atoms with Crippen molar-refractivity contribution in [3.63, 3.8) is 0 Å². The van der Waals surface area contributed by atoms with Crippen LogP contribution in [0.15, 0.2) is 30.6 Å². The van der Waals surface area contributed by atoms with E-state index in [1.807, 2.05) is 6.07 Å². The quantitative estimate of drug-likeness (QED) is 0.837. The molecule has 0 amide bonds. The van der Waals surface area contributed by atoms with E-state index in [2.05, 4.69) is 10.4 Å². The predicted molar refractivity (Wildman–Crippen MR) is 57.6 cm³/mol. The van der Waals surface area contributed by atoms with Gasteiger partial charge in [0.25, 0.3) is 0 Å². The van der Waals surface area contributed by atoms with Crippen LogP contribution in [0, 0.1) is 17.1 Å². The largest absolute Gasteiger partial charge is 0.351 e. The molecule has 0 aliphatic carbocycles. The number of benzene rings is 1. The molecule has 2 aromatic rings. The van der Waals surface area contributed by atoms with Gasteiger partial charge in [-0.05, 0) is 18.2 Å². The first-order valence-corrected chi connectivity index (χ1v) is 4.64. The molecule has 0 aliphatic rings. The van der Waals surface area contributed by atoms with Crippen molar-refractivity contribution in [1.29, 1.82) is 5.26 Å². The fourth-order valence-corrected chi connectivity index (χ4v) is 1.33. The number of hydrogen-bond acceptors (Lipinski definition) is 3.